The lowest BCUT2D eigenvalue weighted by Crippen LogP contribution is -2.03. The van der Waals surface area contributed by atoms with E-state index in [0.29, 0.717) is 6.61 Å². The fourth-order valence-electron chi connectivity index (χ4n) is 2.87. The van der Waals surface area contributed by atoms with Crippen molar-refractivity contribution in [3.63, 3.8) is 0 Å². The average molecular weight is 408 g/mol. The van der Waals surface area contributed by atoms with Gasteiger partial charge in [-0.3, -0.25) is 0 Å². The zero-order valence-electron chi connectivity index (χ0n) is 15.4. The van der Waals surface area contributed by atoms with Gasteiger partial charge in [-0.2, -0.15) is 0 Å². The Bertz CT molecular complexity index is 246. The molecule has 0 aliphatic carbocycles. The van der Waals surface area contributed by atoms with E-state index in [1.54, 1.807) is 0 Å². The Morgan fingerprint density at radius 2 is 1.09 bits per heavy atom. The molecule has 0 spiro atoms. The molecule has 1 nitrogen and oxygen atoms in total. The largest absolute Gasteiger partial charge is 0.486 e. The molecule has 0 amide bonds. The fraction of sp³-hybridized carbons (Fsp3) is 0.950. The molecule has 0 bridgehead atoms. The Balaban J connectivity index is 3.04. The fourth-order valence-corrected chi connectivity index (χ4v) is 3.25. The predicted molar refractivity (Wildman–Crippen MR) is 112 cm³/mol. The van der Waals surface area contributed by atoms with Crippen LogP contribution in [0, 0.1) is 0 Å². The van der Waals surface area contributed by atoms with E-state index < -0.39 is 0 Å². The first-order valence-electron chi connectivity index (χ1n) is 10.0. The summed E-state index contributed by atoms with van der Waals surface area (Å²) in [5, 5.41) is 1.66. The highest BCUT2D eigenvalue weighted by Crippen LogP contribution is 2.13. The summed E-state index contributed by atoms with van der Waals surface area (Å²) in [4.78, 5) is 0. The molecule has 138 valence electrons. The van der Waals surface area contributed by atoms with Gasteiger partial charge in [0.1, 0.15) is 0 Å². The van der Waals surface area contributed by atoms with Crippen molar-refractivity contribution in [1.82, 2.24) is 0 Å². The molecule has 23 heavy (non-hydrogen) atoms. The molecule has 0 N–H and O–H groups in total. The number of unbranched alkanes of at least 4 members (excludes halogenated alkanes) is 14. The summed E-state index contributed by atoms with van der Waals surface area (Å²) in [7, 11) is 0. The lowest BCUT2D eigenvalue weighted by molar-refractivity contribution is 0.330. The van der Waals surface area contributed by atoms with E-state index in [1.807, 2.05) is 0 Å². The van der Waals surface area contributed by atoms with Crippen molar-refractivity contribution in [3.8, 4) is 0 Å². The molecular weight excluding hydrogens is 368 g/mol. The smallest absolute Gasteiger partial charge is 0.159 e. The highest BCUT2D eigenvalue weighted by atomic mass is 79.9. The van der Waals surface area contributed by atoms with Gasteiger partial charge in [-0.15, -0.1) is 0 Å². The minimum Gasteiger partial charge on any atom is -0.486 e. The van der Waals surface area contributed by atoms with Crippen molar-refractivity contribution < 1.29 is 4.74 Å². The maximum absolute atomic E-state index is 5.39. The summed E-state index contributed by atoms with van der Waals surface area (Å²) in [5.74, 6) is 0. The van der Waals surface area contributed by atoms with Crippen LogP contribution in [0.4, 0.5) is 0 Å². The second-order valence-electron chi connectivity index (χ2n) is 6.61. The molecule has 0 heterocycles. The van der Waals surface area contributed by atoms with Crippen molar-refractivity contribution in [2.75, 3.05) is 11.9 Å². The molecule has 0 aliphatic heterocycles. The van der Waals surface area contributed by atoms with Crippen LogP contribution in [-0.4, -0.2) is 17.0 Å². The first-order chi connectivity index (χ1) is 11.3. The van der Waals surface area contributed by atoms with Crippen LogP contribution in [0.2, 0.25) is 0 Å². The molecule has 0 aromatic heterocycles. The summed E-state index contributed by atoms with van der Waals surface area (Å²) in [6.45, 7) is 2.99. The molecule has 0 rings (SSSR count). The van der Waals surface area contributed by atoms with Gasteiger partial charge in [0.25, 0.3) is 0 Å². The van der Waals surface area contributed by atoms with E-state index in [-0.39, 0.29) is 0 Å². The standard InChI is InChI=1S/C20H39BrOS/c1-2-3-4-5-6-7-8-9-10-11-12-13-14-15-16-17-20(23)22-19-18-21/h2-19H2,1H3. The minimum atomic E-state index is 0.706. The Morgan fingerprint density at radius 3 is 1.48 bits per heavy atom. The number of alkyl halides is 1. The van der Waals surface area contributed by atoms with Gasteiger partial charge >= 0.3 is 0 Å². The molecule has 0 radical (unpaired) electrons. The molecule has 0 unspecified atom stereocenters. The van der Waals surface area contributed by atoms with Crippen molar-refractivity contribution >= 4 is 33.2 Å². The van der Waals surface area contributed by atoms with Crippen LogP contribution < -0.4 is 0 Å². The van der Waals surface area contributed by atoms with E-state index in [4.69, 9.17) is 17.0 Å². The van der Waals surface area contributed by atoms with Crippen LogP contribution in [0.15, 0.2) is 0 Å². The Kier molecular flexibility index (Phi) is 20.7. The Morgan fingerprint density at radius 1 is 0.696 bits per heavy atom. The van der Waals surface area contributed by atoms with Crippen LogP contribution in [0.3, 0.4) is 0 Å². The number of hydrogen-bond acceptors (Lipinski definition) is 2. The van der Waals surface area contributed by atoms with E-state index in [0.717, 1.165) is 16.8 Å². The molecule has 0 atom stereocenters. The third-order valence-corrected chi connectivity index (χ3v) is 4.97. The van der Waals surface area contributed by atoms with Crippen molar-refractivity contribution in [1.29, 1.82) is 0 Å². The minimum absolute atomic E-state index is 0.706. The molecule has 0 aromatic carbocycles. The number of rotatable bonds is 18. The molecule has 0 aliphatic rings. The summed E-state index contributed by atoms with van der Waals surface area (Å²) in [6, 6.07) is 0. The van der Waals surface area contributed by atoms with Crippen LogP contribution in [-0.2, 0) is 4.74 Å². The molecule has 0 saturated carbocycles. The average Bonchev–Trinajstić information content (AvgIpc) is 2.56. The maximum Gasteiger partial charge on any atom is 0.159 e. The predicted octanol–water partition coefficient (Wildman–Crippen LogP) is 7.99. The second kappa shape index (κ2) is 20.4. The van der Waals surface area contributed by atoms with Crippen molar-refractivity contribution in [2.24, 2.45) is 0 Å². The molecule has 0 fully saturated rings. The highest BCUT2D eigenvalue weighted by molar-refractivity contribution is 9.09. The van der Waals surface area contributed by atoms with Gasteiger partial charge < -0.3 is 4.74 Å². The lowest BCUT2D eigenvalue weighted by atomic mass is 10.0. The van der Waals surface area contributed by atoms with Gasteiger partial charge in [0.15, 0.2) is 5.05 Å². The normalized spacial score (nSPS) is 10.9. The molecule has 0 saturated heterocycles. The topological polar surface area (TPSA) is 9.23 Å². The molecule has 3 heteroatoms. The van der Waals surface area contributed by atoms with Gasteiger partial charge in [-0.25, -0.2) is 0 Å². The van der Waals surface area contributed by atoms with Crippen LogP contribution >= 0.6 is 28.1 Å². The maximum atomic E-state index is 5.39. The lowest BCUT2D eigenvalue weighted by Gasteiger charge is -2.05. The zero-order valence-corrected chi connectivity index (χ0v) is 17.8. The number of halogens is 1. The summed E-state index contributed by atoms with van der Waals surface area (Å²) in [5.41, 5.74) is 0. The van der Waals surface area contributed by atoms with Crippen LogP contribution in [0.25, 0.3) is 0 Å². The third-order valence-electron chi connectivity index (χ3n) is 4.32. The molecular formula is C20H39BrOS. The number of hydrogen-bond donors (Lipinski definition) is 0. The van der Waals surface area contributed by atoms with Gasteiger partial charge in [-0.1, -0.05) is 113 Å². The number of thiocarbonyl (C=S) groups is 1. The van der Waals surface area contributed by atoms with Crippen LogP contribution in [0.5, 0.6) is 0 Å². The quantitative estimate of drug-likeness (QED) is 0.129. The van der Waals surface area contributed by atoms with Gasteiger partial charge in [0.05, 0.1) is 6.61 Å². The first kappa shape index (κ1) is 23.4. The van der Waals surface area contributed by atoms with E-state index in [9.17, 15) is 0 Å². The summed E-state index contributed by atoms with van der Waals surface area (Å²) in [6.07, 6.45) is 22.0. The van der Waals surface area contributed by atoms with Crippen molar-refractivity contribution in [2.45, 2.75) is 110 Å². The second-order valence-corrected chi connectivity index (χ2v) is 7.86. The SMILES string of the molecule is CCCCCCCCCCCCCCCCCC(=S)OCCBr. The van der Waals surface area contributed by atoms with Gasteiger partial charge in [0, 0.05) is 11.8 Å². The highest BCUT2D eigenvalue weighted by Gasteiger charge is 1.98. The molecule has 0 aromatic rings. The Labute approximate surface area is 159 Å². The first-order valence-corrected chi connectivity index (χ1v) is 11.6. The van der Waals surface area contributed by atoms with E-state index in [2.05, 4.69) is 22.9 Å². The van der Waals surface area contributed by atoms with Gasteiger partial charge in [-0.05, 0) is 18.6 Å². The van der Waals surface area contributed by atoms with Gasteiger partial charge in [0.2, 0.25) is 0 Å². The summed E-state index contributed by atoms with van der Waals surface area (Å²) < 4.78 is 5.39. The van der Waals surface area contributed by atoms with E-state index >= 15 is 0 Å². The van der Waals surface area contributed by atoms with Crippen LogP contribution in [0.1, 0.15) is 110 Å². The monoisotopic (exact) mass is 406 g/mol. The van der Waals surface area contributed by atoms with Crippen molar-refractivity contribution in [3.05, 3.63) is 0 Å². The Hall–Kier alpha value is 0.370. The zero-order chi connectivity index (χ0) is 17.0. The number of ether oxygens (including phenoxy) is 1. The van der Waals surface area contributed by atoms with E-state index in [1.165, 1.54) is 96.3 Å². The summed E-state index contributed by atoms with van der Waals surface area (Å²) >= 11 is 8.52. The third kappa shape index (κ3) is 20.3.